The second-order valence-electron chi connectivity index (χ2n) is 11.8. The number of aromatic nitrogens is 1. The Hall–Kier alpha value is -4.64. The molecule has 1 saturated heterocycles. The number of hydrogen-bond donors (Lipinski definition) is 2. The maximum absolute atomic E-state index is 14.4. The zero-order valence-corrected chi connectivity index (χ0v) is 25.7. The molecule has 0 radical (unpaired) electrons. The summed E-state index contributed by atoms with van der Waals surface area (Å²) in [6.45, 7) is 6.06. The Kier molecular flexibility index (Phi) is 8.51. The van der Waals surface area contributed by atoms with Gasteiger partial charge in [-0.05, 0) is 62.2 Å². The number of amidine groups is 1. The molecule has 3 heterocycles. The van der Waals surface area contributed by atoms with E-state index in [0.29, 0.717) is 29.5 Å². The van der Waals surface area contributed by atoms with Crippen molar-refractivity contribution in [3.63, 3.8) is 0 Å². The fourth-order valence-corrected chi connectivity index (χ4v) is 5.51. The van der Waals surface area contributed by atoms with Crippen molar-refractivity contribution >= 4 is 41.1 Å². The summed E-state index contributed by atoms with van der Waals surface area (Å²) in [6.07, 6.45) is 3.14. The standard InChI is InChI=1S/C32H34ClN5O6/c1-32(2,3)44-25-15-20(24(39)16-27(41)42)7-10-23(25)30-35-28(19-5-8-22(33)9-6-19)29(21-11-13-36(4)17-21)38(30)31(43)37-14-12-34-26(40)18-37/h5-11,13,15,17,28-29H,12,14,16,18H2,1-4H3,(H,34,40)(H,41,42). The molecular formula is C32H34ClN5O6. The number of Topliss-reactive ketones (excluding diaryl/α,β-unsaturated/α-hetero) is 1. The Balaban J connectivity index is 1.71. The zero-order valence-electron chi connectivity index (χ0n) is 24.9. The molecule has 5 rings (SSSR count). The number of nitrogens with zero attached hydrogens (tertiary/aromatic N) is 4. The lowest BCUT2D eigenvalue weighted by Crippen LogP contribution is -2.55. The van der Waals surface area contributed by atoms with Crippen LogP contribution in [0, 0.1) is 0 Å². The summed E-state index contributed by atoms with van der Waals surface area (Å²) < 4.78 is 8.20. The summed E-state index contributed by atoms with van der Waals surface area (Å²) in [4.78, 5) is 59.0. The predicted octanol–water partition coefficient (Wildman–Crippen LogP) is 4.61. The largest absolute Gasteiger partial charge is 0.487 e. The van der Waals surface area contributed by atoms with Crippen LogP contribution < -0.4 is 10.1 Å². The number of carbonyl (C=O) groups excluding carboxylic acids is 3. The molecule has 3 aromatic rings. The summed E-state index contributed by atoms with van der Waals surface area (Å²) in [6, 6.07) is 12.3. The summed E-state index contributed by atoms with van der Waals surface area (Å²) in [5, 5.41) is 12.5. The van der Waals surface area contributed by atoms with Crippen LogP contribution >= 0.6 is 11.6 Å². The first-order valence-corrected chi connectivity index (χ1v) is 14.6. The number of urea groups is 1. The molecule has 44 heavy (non-hydrogen) atoms. The SMILES string of the molecule is Cn1ccc(C2C(c3ccc(Cl)cc3)N=C(c3ccc(C(=O)CC(=O)O)cc3OC(C)(C)C)N2C(=O)N2CCNC(=O)C2)c1. The highest BCUT2D eigenvalue weighted by Crippen LogP contribution is 2.45. The minimum absolute atomic E-state index is 0.107. The van der Waals surface area contributed by atoms with Gasteiger partial charge in [-0.15, -0.1) is 0 Å². The third kappa shape index (κ3) is 6.62. The highest BCUT2D eigenvalue weighted by atomic mass is 35.5. The van der Waals surface area contributed by atoms with Gasteiger partial charge in [0.05, 0.1) is 11.6 Å². The normalized spacial score (nSPS) is 18.6. The van der Waals surface area contributed by atoms with Gasteiger partial charge in [-0.1, -0.05) is 29.8 Å². The van der Waals surface area contributed by atoms with Crippen molar-refractivity contribution in [2.75, 3.05) is 19.6 Å². The molecule has 12 heteroatoms. The number of piperazine rings is 1. The van der Waals surface area contributed by atoms with E-state index in [1.807, 2.05) is 63.0 Å². The number of carboxylic acids is 1. The van der Waals surface area contributed by atoms with Crippen molar-refractivity contribution in [2.24, 2.45) is 12.0 Å². The third-order valence-electron chi connectivity index (χ3n) is 7.26. The van der Waals surface area contributed by atoms with Crippen LogP contribution in [0.4, 0.5) is 4.79 Å². The van der Waals surface area contributed by atoms with E-state index in [-0.39, 0.29) is 23.8 Å². The molecule has 2 aliphatic rings. The van der Waals surface area contributed by atoms with Crippen LogP contribution in [-0.2, 0) is 16.6 Å². The molecule has 0 spiro atoms. The number of ketones is 1. The van der Waals surface area contributed by atoms with Crippen LogP contribution in [0.15, 0.2) is 65.9 Å². The number of carboxylic acid groups (broad SMARTS) is 1. The fourth-order valence-electron chi connectivity index (χ4n) is 5.38. The van der Waals surface area contributed by atoms with Crippen molar-refractivity contribution in [3.05, 3.63) is 88.2 Å². The van der Waals surface area contributed by atoms with Gasteiger partial charge in [0.25, 0.3) is 0 Å². The smallest absolute Gasteiger partial charge is 0.326 e. The molecule has 2 unspecified atom stereocenters. The van der Waals surface area contributed by atoms with E-state index in [9.17, 15) is 24.3 Å². The Labute approximate surface area is 260 Å². The molecule has 0 bridgehead atoms. The number of aliphatic carboxylic acids is 1. The molecule has 1 aromatic heterocycles. The van der Waals surface area contributed by atoms with Gasteiger partial charge in [0, 0.05) is 43.1 Å². The zero-order chi connectivity index (χ0) is 31.8. The summed E-state index contributed by atoms with van der Waals surface area (Å²) in [5.41, 5.74) is 1.54. The van der Waals surface area contributed by atoms with Crippen molar-refractivity contribution in [1.82, 2.24) is 19.7 Å². The van der Waals surface area contributed by atoms with Crippen molar-refractivity contribution in [1.29, 1.82) is 0 Å². The summed E-state index contributed by atoms with van der Waals surface area (Å²) >= 11 is 6.22. The number of hydrogen-bond acceptors (Lipinski definition) is 6. The highest BCUT2D eigenvalue weighted by Gasteiger charge is 2.45. The lowest BCUT2D eigenvalue weighted by Gasteiger charge is -2.35. The Morgan fingerprint density at radius 2 is 1.82 bits per heavy atom. The van der Waals surface area contributed by atoms with Gasteiger partial charge in [-0.25, -0.2) is 4.79 Å². The molecule has 1 fully saturated rings. The number of rotatable bonds is 7. The number of aliphatic imine (C=N–C) groups is 1. The average molecular weight is 620 g/mol. The second-order valence-corrected chi connectivity index (χ2v) is 12.3. The number of ether oxygens (including phenoxy) is 1. The fraction of sp³-hybridized carbons (Fsp3) is 0.344. The maximum Gasteiger partial charge on any atom is 0.326 e. The van der Waals surface area contributed by atoms with Gasteiger partial charge < -0.3 is 24.6 Å². The number of carbonyl (C=O) groups is 4. The number of aryl methyl sites for hydroxylation is 1. The van der Waals surface area contributed by atoms with E-state index in [4.69, 9.17) is 21.3 Å². The molecule has 2 aliphatic heterocycles. The van der Waals surface area contributed by atoms with Gasteiger partial charge in [0.15, 0.2) is 5.78 Å². The number of amides is 3. The first-order chi connectivity index (χ1) is 20.8. The van der Waals surface area contributed by atoms with Crippen LogP contribution in [0.5, 0.6) is 5.75 Å². The average Bonchev–Trinajstić information content (AvgIpc) is 3.55. The number of nitrogens with one attached hydrogen (secondary N) is 1. The van der Waals surface area contributed by atoms with Gasteiger partial charge in [0.2, 0.25) is 5.91 Å². The Morgan fingerprint density at radius 1 is 1.09 bits per heavy atom. The first kappa shape index (κ1) is 30.8. The Morgan fingerprint density at radius 3 is 2.43 bits per heavy atom. The third-order valence-corrected chi connectivity index (χ3v) is 7.51. The van der Waals surface area contributed by atoms with Gasteiger partial charge in [0.1, 0.15) is 36.2 Å². The molecule has 2 N–H and O–H groups in total. The van der Waals surface area contributed by atoms with Gasteiger partial charge in [-0.3, -0.25) is 24.3 Å². The molecular weight excluding hydrogens is 586 g/mol. The van der Waals surface area contributed by atoms with Crippen molar-refractivity contribution < 1.29 is 29.0 Å². The highest BCUT2D eigenvalue weighted by molar-refractivity contribution is 6.30. The lowest BCUT2D eigenvalue weighted by molar-refractivity contribution is -0.136. The van der Waals surface area contributed by atoms with Crippen molar-refractivity contribution in [3.8, 4) is 5.75 Å². The van der Waals surface area contributed by atoms with Gasteiger partial charge >= 0.3 is 12.0 Å². The monoisotopic (exact) mass is 619 g/mol. The van der Waals surface area contributed by atoms with E-state index in [2.05, 4.69) is 5.32 Å². The topological polar surface area (TPSA) is 134 Å². The molecule has 0 saturated carbocycles. The Bertz CT molecular complexity index is 1640. The number of halogens is 1. The quantitative estimate of drug-likeness (QED) is 0.293. The van der Waals surface area contributed by atoms with E-state index in [0.717, 1.165) is 11.1 Å². The number of benzene rings is 2. The molecule has 11 nitrogen and oxygen atoms in total. The van der Waals surface area contributed by atoms with E-state index in [1.165, 1.54) is 17.0 Å². The molecule has 0 aliphatic carbocycles. The van der Waals surface area contributed by atoms with E-state index in [1.54, 1.807) is 23.1 Å². The van der Waals surface area contributed by atoms with Crippen LogP contribution in [-0.4, -0.2) is 74.2 Å². The minimum atomic E-state index is -1.24. The lowest BCUT2D eigenvalue weighted by atomic mass is 9.95. The minimum Gasteiger partial charge on any atom is -0.487 e. The molecule has 3 amide bonds. The van der Waals surface area contributed by atoms with Crippen LogP contribution in [0.25, 0.3) is 0 Å². The maximum atomic E-state index is 14.4. The van der Waals surface area contributed by atoms with Crippen LogP contribution in [0.3, 0.4) is 0 Å². The molecule has 2 aromatic carbocycles. The second kappa shape index (κ2) is 12.2. The first-order valence-electron chi connectivity index (χ1n) is 14.2. The van der Waals surface area contributed by atoms with Gasteiger partial charge in [-0.2, -0.15) is 0 Å². The van der Waals surface area contributed by atoms with E-state index >= 15 is 0 Å². The predicted molar refractivity (Wildman–Crippen MR) is 164 cm³/mol. The summed E-state index contributed by atoms with van der Waals surface area (Å²) in [7, 11) is 1.89. The van der Waals surface area contributed by atoms with Crippen LogP contribution in [0.1, 0.15) is 66.3 Å². The van der Waals surface area contributed by atoms with E-state index < -0.39 is 41.9 Å². The summed E-state index contributed by atoms with van der Waals surface area (Å²) in [5.74, 6) is -1.51. The van der Waals surface area contributed by atoms with Crippen molar-refractivity contribution in [2.45, 2.75) is 44.9 Å². The molecule has 2 atom stereocenters. The van der Waals surface area contributed by atoms with Crippen LogP contribution in [0.2, 0.25) is 5.02 Å². The molecule has 230 valence electrons.